The van der Waals surface area contributed by atoms with E-state index in [0.29, 0.717) is 0 Å². The van der Waals surface area contributed by atoms with Crippen LogP contribution in [0, 0.1) is 10.1 Å². The lowest BCUT2D eigenvalue weighted by Gasteiger charge is -2.25. The van der Waals surface area contributed by atoms with Gasteiger partial charge in [0.05, 0.1) is 29.6 Å². The molecule has 0 saturated carbocycles. The van der Waals surface area contributed by atoms with Gasteiger partial charge >= 0.3 is 6.18 Å². The lowest BCUT2D eigenvalue weighted by molar-refractivity contribution is -0.384. The molecular formula is C12H16F3N3O4. The maximum atomic E-state index is 12.7. The molecule has 0 aliphatic heterocycles. The average Bonchev–Trinajstić information content (AvgIpc) is 2.36. The molecule has 0 amide bonds. The van der Waals surface area contributed by atoms with Crippen LogP contribution >= 0.6 is 0 Å². The molecule has 1 aromatic carbocycles. The van der Waals surface area contributed by atoms with E-state index in [1.165, 1.54) is 18.0 Å². The maximum absolute atomic E-state index is 12.7. The van der Waals surface area contributed by atoms with E-state index in [1.54, 1.807) is 0 Å². The third-order valence-corrected chi connectivity index (χ3v) is 2.96. The van der Waals surface area contributed by atoms with Gasteiger partial charge in [0.25, 0.3) is 5.69 Å². The van der Waals surface area contributed by atoms with Gasteiger partial charge in [0, 0.05) is 19.3 Å². The van der Waals surface area contributed by atoms with E-state index in [-0.39, 0.29) is 17.9 Å². The first kappa shape index (κ1) is 18.0. The molecule has 1 aromatic rings. The molecule has 0 aliphatic carbocycles. The quantitative estimate of drug-likeness (QED) is 0.410. The van der Waals surface area contributed by atoms with Crippen molar-refractivity contribution in [1.29, 1.82) is 0 Å². The van der Waals surface area contributed by atoms with E-state index < -0.39 is 41.5 Å². The molecule has 4 N–H and O–H groups in total. The largest absolute Gasteiger partial charge is 0.394 e. The zero-order chi connectivity index (χ0) is 17.1. The van der Waals surface area contributed by atoms with Crippen molar-refractivity contribution in [2.75, 3.05) is 30.8 Å². The first-order valence-corrected chi connectivity index (χ1v) is 6.19. The second-order valence-electron chi connectivity index (χ2n) is 4.77. The Morgan fingerprint density at radius 2 is 2.05 bits per heavy atom. The van der Waals surface area contributed by atoms with Crippen molar-refractivity contribution in [1.82, 2.24) is 0 Å². The smallest absolute Gasteiger partial charge is 0.393 e. The van der Waals surface area contributed by atoms with Gasteiger partial charge in [0.1, 0.15) is 5.69 Å². The summed E-state index contributed by atoms with van der Waals surface area (Å²) < 4.78 is 38.2. The molecule has 0 aromatic heterocycles. The van der Waals surface area contributed by atoms with Crippen molar-refractivity contribution in [3.8, 4) is 0 Å². The van der Waals surface area contributed by atoms with E-state index in [2.05, 4.69) is 0 Å². The highest BCUT2D eigenvalue weighted by Gasteiger charge is 2.35. The molecule has 124 valence electrons. The number of alkyl halides is 3. The minimum absolute atomic E-state index is 0.0780. The molecule has 0 bridgehead atoms. The van der Waals surface area contributed by atoms with Crippen LogP contribution in [0.2, 0.25) is 0 Å². The molecule has 10 heteroatoms. The number of anilines is 2. The Balaban J connectivity index is 3.37. The van der Waals surface area contributed by atoms with Crippen LogP contribution in [0.1, 0.15) is 5.56 Å². The summed E-state index contributed by atoms with van der Waals surface area (Å²) in [5, 5.41) is 29.2. The first-order chi connectivity index (χ1) is 10.1. The van der Waals surface area contributed by atoms with Crippen LogP contribution in [0.15, 0.2) is 12.1 Å². The van der Waals surface area contributed by atoms with Gasteiger partial charge in [-0.2, -0.15) is 13.2 Å². The molecule has 22 heavy (non-hydrogen) atoms. The van der Waals surface area contributed by atoms with Gasteiger partial charge in [0.2, 0.25) is 0 Å². The number of hydrogen-bond donors (Lipinski definition) is 3. The van der Waals surface area contributed by atoms with Gasteiger partial charge in [0.15, 0.2) is 0 Å². The van der Waals surface area contributed by atoms with Crippen molar-refractivity contribution < 1.29 is 28.3 Å². The molecule has 0 fully saturated rings. The summed E-state index contributed by atoms with van der Waals surface area (Å²) in [4.78, 5) is 11.3. The summed E-state index contributed by atoms with van der Waals surface area (Å²) in [5.74, 6) is 0. The molecule has 0 heterocycles. The number of nitrogen functional groups attached to an aromatic ring is 1. The highest BCUT2D eigenvalue weighted by Crippen LogP contribution is 2.38. The lowest BCUT2D eigenvalue weighted by atomic mass is 10.0. The number of halogens is 3. The topological polar surface area (TPSA) is 113 Å². The van der Waals surface area contributed by atoms with E-state index >= 15 is 0 Å². The van der Waals surface area contributed by atoms with Crippen molar-refractivity contribution in [3.05, 3.63) is 27.8 Å². The van der Waals surface area contributed by atoms with Crippen LogP contribution in [-0.4, -0.2) is 47.6 Å². The van der Waals surface area contributed by atoms with Gasteiger partial charge in [-0.05, 0) is 12.1 Å². The van der Waals surface area contributed by atoms with Gasteiger partial charge in [-0.25, -0.2) is 0 Å². The van der Waals surface area contributed by atoms with Crippen LogP contribution in [0.5, 0.6) is 0 Å². The lowest BCUT2D eigenvalue weighted by Crippen LogP contribution is -2.32. The Kier molecular flexibility index (Phi) is 5.55. The second-order valence-corrected chi connectivity index (χ2v) is 4.77. The van der Waals surface area contributed by atoms with Crippen LogP contribution in [-0.2, 0) is 6.42 Å². The molecule has 7 nitrogen and oxygen atoms in total. The third-order valence-electron chi connectivity index (χ3n) is 2.96. The number of nitrogens with two attached hydrogens (primary N) is 1. The minimum Gasteiger partial charge on any atom is -0.394 e. The zero-order valence-electron chi connectivity index (χ0n) is 11.7. The Bertz CT molecular complexity index is 551. The first-order valence-electron chi connectivity index (χ1n) is 6.19. The fraction of sp³-hybridized carbons (Fsp3) is 0.500. The molecule has 1 atom stereocenters. The van der Waals surface area contributed by atoms with Crippen molar-refractivity contribution in [3.63, 3.8) is 0 Å². The average molecular weight is 323 g/mol. The molecule has 1 unspecified atom stereocenters. The Hall–Kier alpha value is -2.07. The number of aliphatic hydroxyl groups excluding tert-OH is 2. The molecule has 0 saturated heterocycles. The van der Waals surface area contributed by atoms with Gasteiger partial charge in [-0.3, -0.25) is 10.1 Å². The van der Waals surface area contributed by atoms with E-state index in [1.807, 2.05) is 0 Å². The standard InChI is InChI=1S/C12H16F3N3O4/c1-17(5-7(20)6-19)10-3-2-9(16)11(18(21)22)8(10)4-12(13,14)15/h2-3,7,19-20H,4-6,16H2,1H3. The van der Waals surface area contributed by atoms with Crippen LogP contribution in [0.3, 0.4) is 0 Å². The minimum atomic E-state index is -4.66. The summed E-state index contributed by atoms with van der Waals surface area (Å²) in [6.07, 6.45) is -7.38. The van der Waals surface area contributed by atoms with E-state index in [9.17, 15) is 28.4 Å². The number of hydrogen-bond acceptors (Lipinski definition) is 6. The summed E-state index contributed by atoms with van der Waals surface area (Å²) in [6.45, 7) is -0.779. The molecule has 0 radical (unpaired) electrons. The van der Waals surface area contributed by atoms with Crippen LogP contribution < -0.4 is 10.6 Å². The number of likely N-dealkylation sites (N-methyl/N-ethyl adjacent to an activating group) is 1. The van der Waals surface area contributed by atoms with Gasteiger partial charge in [-0.15, -0.1) is 0 Å². The number of aliphatic hydroxyl groups is 2. The summed E-state index contributed by atoms with van der Waals surface area (Å²) in [5.41, 5.74) is 3.59. The predicted molar refractivity (Wildman–Crippen MR) is 73.6 cm³/mol. The van der Waals surface area contributed by atoms with Crippen LogP contribution in [0.25, 0.3) is 0 Å². The third kappa shape index (κ3) is 4.46. The van der Waals surface area contributed by atoms with E-state index in [4.69, 9.17) is 10.8 Å². The highest BCUT2D eigenvalue weighted by molar-refractivity contribution is 5.73. The van der Waals surface area contributed by atoms with Crippen LogP contribution in [0.4, 0.5) is 30.2 Å². The van der Waals surface area contributed by atoms with E-state index in [0.717, 1.165) is 6.07 Å². The second kappa shape index (κ2) is 6.79. The van der Waals surface area contributed by atoms with Gasteiger partial charge in [-0.1, -0.05) is 0 Å². The van der Waals surface area contributed by atoms with Crippen molar-refractivity contribution in [2.45, 2.75) is 18.7 Å². The van der Waals surface area contributed by atoms with Crippen molar-refractivity contribution >= 4 is 17.1 Å². The highest BCUT2D eigenvalue weighted by atomic mass is 19.4. The Labute approximate surface area is 123 Å². The number of rotatable bonds is 6. The zero-order valence-corrected chi connectivity index (χ0v) is 11.7. The molecule has 0 spiro atoms. The fourth-order valence-electron chi connectivity index (χ4n) is 2.06. The van der Waals surface area contributed by atoms with Gasteiger partial charge < -0.3 is 20.8 Å². The number of benzene rings is 1. The molecular weight excluding hydrogens is 307 g/mol. The number of nitrogens with zero attached hydrogens (tertiary/aromatic N) is 2. The Morgan fingerprint density at radius 3 is 2.50 bits per heavy atom. The predicted octanol–water partition coefficient (Wildman–Crippen LogP) is 1.07. The molecule has 0 aliphatic rings. The molecule has 1 rings (SSSR count). The summed E-state index contributed by atoms with van der Waals surface area (Å²) in [6, 6.07) is 2.35. The SMILES string of the molecule is CN(CC(O)CO)c1ccc(N)c([N+](=O)[O-])c1CC(F)(F)F. The monoisotopic (exact) mass is 323 g/mol. The number of nitro benzene ring substituents is 1. The van der Waals surface area contributed by atoms with Crippen molar-refractivity contribution in [2.24, 2.45) is 0 Å². The number of nitro groups is 1. The summed E-state index contributed by atoms with van der Waals surface area (Å²) >= 11 is 0. The maximum Gasteiger partial charge on any atom is 0.393 e. The normalized spacial score (nSPS) is 13.0. The Morgan fingerprint density at radius 1 is 1.45 bits per heavy atom. The fourth-order valence-corrected chi connectivity index (χ4v) is 2.06. The summed E-state index contributed by atoms with van der Waals surface area (Å²) in [7, 11) is 1.36.